The molecule has 0 bridgehead atoms. The zero-order valence-electron chi connectivity index (χ0n) is 62.9. The highest BCUT2D eigenvalue weighted by Crippen LogP contribution is 2.39. The van der Waals surface area contributed by atoms with Crippen LogP contribution in [0.15, 0.2) is 175 Å². The number of hydrogen-bond acceptors (Lipinski definition) is 15. The molecule has 578 valence electrons. The van der Waals surface area contributed by atoms with Gasteiger partial charge >= 0.3 is 0 Å². The molecule has 3 aliphatic rings. The molecule has 1 atom stereocenters. The van der Waals surface area contributed by atoms with Crippen LogP contribution in [-0.4, -0.2) is 71.5 Å². The van der Waals surface area contributed by atoms with Crippen LogP contribution in [0.5, 0.6) is 17.2 Å². The second-order valence-corrected chi connectivity index (χ2v) is 27.8. The van der Waals surface area contributed by atoms with Crippen molar-refractivity contribution < 1.29 is 44.4 Å². The minimum absolute atomic E-state index is 0. The minimum atomic E-state index is -0.565. The van der Waals surface area contributed by atoms with Gasteiger partial charge in [0, 0.05) is 71.0 Å². The second kappa shape index (κ2) is 38.9. The van der Waals surface area contributed by atoms with Crippen molar-refractivity contribution in [3.8, 4) is 34.3 Å². The maximum absolute atomic E-state index is 14.6. The SMILES string of the molecule is Cc1ccc(CBr)cn1.N=NN=NCl.[Br-].[C-]#[N+]c1cc(C)c2nc(C3CCCC3)n(-c3ccc(OC)c(F)c3)c(=O)c2c1.[C-]#[N+]c1cc(Cc2ccc(C)nc2)c2nc(C3CCCC3)n(-c3ccc(OC)c(F)c3)c(=O)c2c1.[C-]#[N+]c1cc(Cc2ccc(C)nc2)c2nc(C3CCCN3)n(-c3ccc(OC)c(F)c3)c(=O)c2c1. The maximum atomic E-state index is 14.6. The summed E-state index contributed by atoms with van der Waals surface area (Å²) in [5.74, 6) is 0.790. The van der Waals surface area contributed by atoms with Gasteiger partial charge in [0.1, 0.15) is 17.5 Å². The molecule has 0 radical (unpaired) electrons. The van der Waals surface area contributed by atoms with Crippen LogP contribution in [0, 0.1) is 70.4 Å². The predicted molar refractivity (Wildman–Crippen MR) is 428 cm³/mol. The number of fused-ring (bicyclic) bond motifs is 3. The van der Waals surface area contributed by atoms with Gasteiger partial charge in [-0.1, -0.05) is 82.6 Å². The number of hydrogen-bond donors (Lipinski definition) is 2. The molecule has 2 N–H and O–H groups in total. The number of nitrogens with one attached hydrogen (secondary N) is 2. The van der Waals surface area contributed by atoms with E-state index in [1.54, 1.807) is 60.8 Å². The summed E-state index contributed by atoms with van der Waals surface area (Å²) in [6.45, 7) is 31.0. The molecule has 1 aliphatic heterocycles. The lowest BCUT2D eigenvalue weighted by Gasteiger charge is -2.20. The van der Waals surface area contributed by atoms with E-state index in [2.05, 4.69) is 83.7 Å². The third kappa shape index (κ3) is 19.6. The third-order valence-electron chi connectivity index (χ3n) is 19.6. The molecule has 29 heteroatoms. The van der Waals surface area contributed by atoms with Gasteiger partial charge in [0.25, 0.3) is 16.7 Å². The average Bonchev–Trinajstić information content (AvgIpc) is 1.23. The van der Waals surface area contributed by atoms with Gasteiger partial charge < -0.3 is 36.5 Å². The van der Waals surface area contributed by atoms with Crippen molar-refractivity contribution in [2.45, 2.75) is 128 Å². The topological polar surface area (TPSA) is 257 Å². The first kappa shape index (κ1) is 83.7. The molecule has 6 aromatic carbocycles. The number of nitrogens with zero attached hydrogens (tertiary/aromatic N) is 15. The molecule has 23 nitrogen and oxygen atoms in total. The highest BCUT2D eigenvalue weighted by Gasteiger charge is 2.30. The summed E-state index contributed by atoms with van der Waals surface area (Å²) in [6.07, 6.45) is 16.3. The minimum Gasteiger partial charge on any atom is -1.00 e. The van der Waals surface area contributed by atoms with Crippen molar-refractivity contribution in [2.75, 3.05) is 27.9 Å². The fourth-order valence-electron chi connectivity index (χ4n) is 14.1. The Kier molecular flexibility index (Phi) is 28.9. The van der Waals surface area contributed by atoms with Gasteiger partial charge in [-0.2, -0.15) is 5.53 Å². The third-order valence-corrected chi connectivity index (χ3v) is 20.3. The molecule has 2 saturated carbocycles. The Hall–Kier alpha value is -11.7. The Morgan fingerprint density at radius 2 is 0.885 bits per heavy atom. The highest BCUT2D eigenvalue weighted by molar-refractivity contribution is 9.08. The van der Waals surface area contributed by atoms with Gasteiger partial charge in [-0.3, -0.25) is 43.0 Å². The van der Waals surface area contributed by atoms with Crippen LogP contribution in [0.3, 0.4) is 0 Å². The number of benzene rings is 6. The summed E-state index contributed by atoms with van der Waals surface area (Å²) in [7, 11) is 4.20. The van der Waals surface area contributed by atoms with Crippen molar-refractivity contribution in [1.82, 2.24) is 48.9 Å². The smallest absolute Gasteiger partial charge is 0.264 e. The average molecular weight is 1670 g/mol. The predicted octanol–water partition coefficient (Wildman–Crippen LogP) is 16.7. The lowest BCUT2D eigenvalue weighted by molar-refractivity contribution is -0.0000257. The molecule has 1 unspecified atom stereocenters. The summed E-state index contributed by atoms with van der Waals surface area (Å²) >= 11 is 7.89. The van der Waals surface area contributed by atoms with E-state index in [9.17, 15) is 27.6 Å². The van der Waals surface area contributed by atoms with Gasteiger partial charge in [0.05, 0.1) is 109 Å². The Labute approximate surface area is 674 Å². The first-order valence-corrected chi connectivity index (χ1v) is 37.5. The molecular formula is C84H78Br2ClF3N17O6-. The van der Waals surface area contributed by atoms with Gasteiger partial charge in [-0.25, -0.2) is 42.7 Å². The molecule has 0 spiro atoms. The van der Waals surface area contributed by atoms with Crippen LogP contribution in [0.25, 0.3) is 64.3 Å². The van der Waals surface area contributed by atoms with Crippen LogP contribution < -0.4 is 53.2 Å². The number of rotatable bonds is 15. The van der Waals surface area contributed by atoms with E-state index >= 15 is 0 Å². The summed E-state index contributed by atoms with van der Waals surface area (Å²) in [5, 5.41) is 10.4. The van der Waals surface area contributed by atoms with Gasteiger partial charge in [-0.15, -0.1) is 0 Å². The van der Waals surface area contributed by atoms with Gasteiger partial charge in [0.2, 0.25) is 0 Å². The Morgan fingerprint density at radius 3 is 1.21 bits per heavy atom. The molecule has 1 saturated heterocycles. The number of halogens is 6. The van der Waals surface area contributed by atoms with Crippen LogP contribution >= 0.6 is 27.7 Å². The van der Waals surface area contributed by atoms with Crippen molar-refractivity contribution in [1.29, 1.82) is 5.53 Å². The summed E-state index contributed by atoms with van der Waals surface area (Å²) in [5.41, 5.74) is 17.5. The van der Waals surface area contributed by atoms with Crippen LogP contribution in [0.4, 0.5) is 30.2 Å². The first-order valence-electron chi connectivity index (χ1n) is 36.1. The summed E-state index contributed by atoms with van der Waals surface area (Å²) in [6, 6.07) is 35.3. The number of ether oxygens (including phenoxy) is 3. The molecule has 7 heterocycles. The lowest BCUT2D eigenvalue weighted by atomic mass is 10.0. The van der Waals surface area contributed by atoms with Crippen molar-refractivity contribution in [2.24, 2.45) is 15.1 Å². The Balaban J connectivity index is 0.000000165. The van der Waals surface area contributed by atoms with Crippen LogP contribution in [-0.2, 0) is 18.2 Å². The van der Waals surface area contributed by atoms with Crippen molar-refractivity contribution in [3.05, 3.63) is 297 Å². The number of alkyl halides is 1. The first-order chi connectivity index (χ1) is 54.2. The van der Waals surface area contributed by atoms with Crippen molar-refractivity contribution in [3.63, 3.8) is 0 Å². The van der Waals surface area contributed by atoms with Gasteiger partial charge in [0.15, 0.2) is 51.8 Å². The molecule has 113 heavy (non-hydrogen) atoms. The number of aromatic nitrogens is 9. The zero-order valence-corrected chi connectivity index (χ0v) is 66.8. The monoisotopic (exact) mass is 1670 g/mol. The molecule has 12 aromatic rings. The van der Waals surface area contributed by atoms with Gasteiger partial charge in [-0.05, 0) is 202 Å². The van der Waals surface area contributed by atoms with E-state index in [1.165, 1.54) is 77.0 Å². The van der Waals surface area contributed by atoms with E-state index < -0.39 is 17.5 Å². The van der Waals surface area contributed by atoms with E-state index in [0.29, 0.717) is 97.1 Å². The van der Waals surface area contributed by atoms with E-state index in [-0.39, 0.29) is 68.8 Å². The number of aryl methyl sites for hydroxylation is 4. The van der Waals surface area contributed by atoms with E-state index in [0.717, 1.165) is 121 Å². The molecule has 6 aromatic heterocycles. The summed E-state index contributed by atoms with van der Waals surface area (Å²) < 4.78 is 65.8. The summed E-state index contributed by atoms with van der Waals surface area (Å²) in [4.78, 5) is 79.7. The highest BCUT2D eigenvalue weighted by atomic mass is 79.9. The zero-order chi connectivity index (χ0) is 79.7. The number of methoxy groups -OCH3 is 3. The Bertz CT molecular complexity index is 5600. The molecule has 2 aliphatic carbocycles. The standard InChI is InChI=1S/C28H25FN4O2.C27H24FN5O2.C22H20FN3O2.C7H8BrN.BrH.ClHN4/c1-17-8-9-18(16-31-17)12-20-13-21(30-2)14-23-26(20)32-27(19-6-4-5-7-19)33(28(23)34)22-10-11-25(35-3)24(29)15-22;1-16-6-7-17(15-31-16)11-18-12-19(29-2)13-21-25(18)32-26(23-5-4-10-30-23)33(27(21)34)20-8-9-24(35-3)22(28)14-20;1-13-10-15(24-2)11-17-20(13)25-21(14-6-4-5-7-14)26(22(17)27)16-8-9-19(28-3)18(23)12-16;1-6-2-3-7(4-8)5-9-6;;1-3-5-4-2/h8-11,13-16,19H,4-7,12H2,1,3H3;6-9,12-15,23,30H,4-5,10-11H2,1,3H3;8-12,14H,4-7H2,1,3H3;2-3,5H,4H2,1H3;1H;2H/p-1. The molecule has 3 fully saturated rings. The van der Waals surface area contributed by atoms with E-state index in [4.69, 9.17) is 54.4 Å². The van der Waals surface area contributed by atoms with Crippen LogP contribution in [0.2, 0.25) is 0 Å². The normalized spacial score (nSPS) is 13.7. The number of pyridine rings is 3. The van der Waals surface area contributed by atoms with Crippen molar-refractivity contribution >= 4 is 77.5 Å². The fourth-order valence-corrected chi connectivity index (χ4v) is 14.4. The quantitative estimate of drug-likeness (QED) is 0.0419. The second-order valence-electron chi connectivity index (χ2n) is 27.1. The van der Waals surface area contributed by atoms with Crippen LogP contribution in [0.1, 0.15) is 150 Å². The molecule has 0 amide bonds. The maximum Gasteiger partial charge on any atom is 0.264 e. The molecule has 15 rings (SSSR count). The molecular weight excluding hydrogens is 1600 g/mol. The lowest BCUT2D eigenvalue weighted by Crippen LogP contribution is -3.00. The fraction of sp³-hybridized carbons (Fsp3) is 0.286. The van der Waals surface area contributed by atoms with E-state index in [1.807, 2.05) is 70.4 Å². The Morgan fingerprint density at radius 1 is 0.513 bits per heavy atom. The largest absolute Gasteiger partial charge is 1.00 e.